The van der Waals surface area contributed by atoms with E-state index in [4.69, 9.17) is 4.74 Å². The van der Waals surface area contributed by atoms with Crippen LogP contribution >= 0.6 is 0 Å². The highest BCUT2D eigenvalue weighted by atomic mass is 16.5. The van der Waals surface area contributed by atoms with Crippen LogP contribution in [-0.4, -0.2) is 59.6 Å². The van der Waals surface area contributed by atoms with Crippen LogP contribution in [0.5, 0.6) is 0 Å². The fourth-order valence-corrected chi connectivity index (χ4v) is 3.64. The van der Waals surface area contributed by atoms with Crippen molar-refractivity contribution in [2.24, 2.45) is 5.92 Å². The van der Waals surface area contributed by atoms with Crippen LogP contribution in [0.15, 0.2) is 24.5 Å². The minimum Gasteiger partial charge on any atom is -0.377 e. The zero-order valence-electron chi connectivity index (χ0n) is 14.0. The van der Waals surface area contributed by atoms with Crippen molar-refractivity contribution in [3.05, 3.63) is 30.1 Å². The average molecular weight is 317 g/mol. The summed E-state index contributed by atoms with van der Waals surface area (Å²) in [5.41, 5.74) is 1.24. The highest BCUT2D eigenvalue weighted by Crippen LogP contribution is 2.25. The minimum atomic E-state index is 0.0682. The number of carbonyl (C=O) groups excluding carboxylic acids is 1. The van der Waals surface area contributed by atoms with Crippen molar-refractivity contribution in [3.63, 3.8) is 0 Å². The molecular weight excluding hydrogens is 290 g/mol. The molecule has 5 heteroatoms. The zero-order valence-corrected chi connectivity index (χ0v) is 14.0. The summed E-state index contributed by atoms with van der Waals surface area (Å²) in [5.74, 6) is 0.371. The molecule has 0 N–H and O–H groups in total. The largest absolute Gasteiger partial charge is 0.377 e. The summed E-state index contributed by atoms with van der Waals surface area (Å²) in [6.45, 7) is 7.36. The lowest BCUT2D eigenvalue weighted by atomic mass is 9.91. The molecule has 2 fully saturated rings. The number of nitrogens with zero attached hydrogens (tertiary/aromatic N) is 3. The smallest absolute Gasteiger partial charge is 0.228 e. The van der Waals surface area contributed by atoms with Crippen molar-refractivity contribution >= 4 is 5.91 Å². The molecule has 5 nitrogen and oxygen atoms in total. The van der Waals surface area contributed by atoms with Crippen LogP contribution < -0.4 is 0 Å². The van der Waals surface area contributed by atoms with Gasteiger partial charge in [-0.15, -0.1) is 0 Å². The second-order valence-corrected chi connectivity index (χ2v) is 6.53. The van der Waals surface area contributed by atoms with E-state index >= 15 is 0 Å². The summed E-state index contributed by atoms with van der Waals surface area (Å²) in [5, 5.41) is 0. The normalized spacial score (nSPS) is 26.2. The van der Waals surface area contributed by atoms with Crippen LogP contribution in [0.4, 0.5) is 0 Å². The number of pyridine rings is 1. The molecule has 23 heavy (non-hydrogen) atoms. The Morgan fingerprint density at radius 1 is 1.35 bits per heavy atom. The minimum absolute atomic E-state index is 0.0682. The number of amides is 1. The first-order valence-corrected chi connectivity index (χ1v) is 8.79. The van der Waals surface area contributed by atoms with Gasteiger partial charge < -0.3 is 9.64 Å². The third-order valence-corrected chi connectivity index (χ3v) is 4.97. The van der Waals surface area contributed by atoms with Gasteiger partial charge in [0.05, 0.1) is 12.0 Å². The lowest BCUT2D eigenvalue weighted by molar-refractivity contribution is -0.147. The maximum Gasteiger partial charge on any atom is 0.228 e. The van der Waals surface area contributed by atoms with Gasteiger partial charge in [0, 0.05) is 51.7 Å². The topological polar surface area (TPSA) is 45.7 Å². The lowest BCUT2D eigenvalue weighted by Gasteiger charge is -2.39. The van der Waals surface area contributed by atoms with Gasteiger partial charge in [0.15, 0.2) is 0 Å². The first-order chi connectivity index (χ1) is 11.3. The first-order valence-electron chi connectivity index (χ1n) is 8.79. The summed E-state index contributed by atoms with van der Waals surface area (Å²) in [7, 11) is 0. The van der Waals surface area contributed by atoms with Crippen molar-refractivity contribution in [3.8, 4) is 0 Å². The molecule has 0 radical (unpaired) electrons. The Morgan fingerprint density at radius 2 is 2.17 bits per heavy atom. The van der Waals surface area contributed by atoms with Gasteiger partial charge in [0.1, 0.15) is 0 Å². The number of aromatic nitrogens is 1. The number of hydrogen-bond donors (Lipinski definition) is 0. The molecule has 0 aliphatic carbocycles. The molecule has 2 aliphatic heterocycles. The fraction of sp³-hybridized carbons (Fsp3) is 0.667. The highest BCUT2D eigenvalue weighted by Gasteiger charge is 2.34. The van der Waals surface area contributed by atoms with Gasteiger partial charge in [-0.2, -0.15) is 0 Å². The second kappa shape index (κ2) is 7.88. The van der Waals surface area contributed by atoms with E-state index < -0.39 is 0 Å². The van der Waals surface area contributed by atoms with Gasteiger partial charge in [-0.25, -0.2) is 0 Å². The van der Waals surface area contributed by atoms with E-state index in [0.717, 1.165) is 58.6 Å². The molecule has 0 saturated carbocycles. The first kappa shape index (κ1) is 16.4. The van der Waals surface area contributed by atoms with Crippen LogP contribution in [-0.2, 0) is 16.1 Å². The molecule has 2 unspecified atom stereocenters. The summed E-state index contributed by atoms with van der Waals surface area (Å²) >= 11 is 0. The van der Waals surface area contributed by atoms with Crippen molar-refractivity contribution in [1.29, 1.82) is 0 Å². The number of hydrogen-bond acceptors (Lipinski definition) is 4. The second-order valence-electron chi connectivity index (χ2n) is 6.53. The van der Waals surface area contributed by atoms with E-state index in [2.05, 4.69) is 22.9 Å². The standard InChI is InChI=1S/C18H27N3O2/c1-2-17-16(6-4-12-23-17)18(22)21-10-8-20(9-11-21)14-15-5-3-7-19-13-15/h3,5,7,13,16-17H,2,4,6,8-12,14H2,1H3. The Bertz CT molecular complexity index is 500. The van der Waals surface area contributed by atoms with Gasteiger partial charge in [-0.05, 0) is 30.9 Å². The van der Waals surface area contributed by atoms with Crippen molar-refractivity contribution in [2.75, 3.05) is 32.8 Å². The summed E-state index contributed by atoms with van der Waals surface area (Å²) in [6.07, 6.45) is 6.75. The van der Waals surface area contributed by atoms with Gasteiger partial charge >= 0.3 is 0 Å². The average Bonchev–Trinajstić information content (AvgIpc) is 2.62. The van der Waals surface area contributed by atoms with Crippen LogP contribution in [0.2, 0.25) is 0 Å². The molecule has 1 aromatic rings. The third kappa shape index (κ3) is 4.09. The van der Waals surface area contributed by atoms with Gasteiger partial charge in [0.2, 0.25) is 5.91 Å². The van der Waals surface area contributed by atoms with E-state index in [1.807, 2.05) is 17.2 Å². The van der Waals surface area contributed by atoms with Gasteiger partial charge in [-0.3, -0.25) is 14.7 Å². The number of piperazine rings is 1. The highest BCUT2D eigenvalue weighted by molar-refractivity contribution is 5.79. The van der Waals surface area contributed by atoms with Crippen LogP contribution in [0.1, 0.15) is 31.7 Å². The van der Waals surface area contributed by atoms with E-state index in [1.165, 1.54) is 5.56 Å². The fourth-order valence-electron chi connectivity index (χ4n) is 3.64. The molecule has 2 saturated heterocycles. The molecular formula is C18H27N3O2. The third-order valence-electron chi connectivity index (χ3n) is 4.97. The van der Waals surface area contributed by atoms with Crippen molar-refractivity contribution < 1.29 is 9.53 Å². The van der Waals surface area contributed by atoms with E-state index in [1.54, 1.807) is 6.20 Å². The molecule has 0 aromatic carbocycles. The molecule has 1 amide bonds. The molecule has 3 heterocycles. The Balaban J connectivity index is 1.51. The Kier molecular flexibility index (Phi) is 5.62. The van der Waals surface area contributed by atoms with Gasteiger partial charge in [-0.1, -0.05) is 13.0 Å². The summed E-state index contributed by atoms with van der Waals surface area (Å²) < 4.78 is 5.79. The number of rotatable bonds is 4. The number of ether oxygens (including phenoxy) is 1. The Hall–Kier alpha value is -1.46. The Labute approximate surface area is 138 Å². The lowest BCUT2D eigenvalue weighted by Crippen LogP contribution is -2.52. The van der Waals surface area contributed by atoms with E-state index in [0.29, 0.717) is 5.91 Å². The number of carbonyl (C=O) groups is 1. The molecule has 0 bridgehead atoms. The van der Waals surface area contributed by atoms with Crippen molar-refractivity contribution in [2.45, 2.75) is 38.8 Å². The Morgan fingerprint density at radius 3 is 2.87 bits per heavy atom. The molecule has 1 aromatic heterocycles. The van der Waals surface area contributed by atoms with Crippen LogP contribution in [0, 0.1) is 5.92 Å². The predicted octanol–water partition coefficient (Wildman–Crippen LogP) is 1.93. The van der Waals surface area contributed by atoms with E-state index in [-0.39, 0.29) is 12.0 Å². The maximum atomic E-state index is 12.8. The summed E-state index contributed by atoms with van der Waals surface area (Å²) in [6, 6.07) is 4.08. The molecule has 3 rings (SSSR count). The van der Waals surface area contributed by atoms with Crippen LogP contribution in [0.3, 0.4) is 0 Å². The quantitative estimate of drug-likeness (QED) is 0.851. The van der Waals surface area contributed by atoms with Crippen molar-refractivity contribution in [1.82, 2.24) is 14.8 Å². The van der Waals surface area contributed by atoms with E-state index in [9.17, 15) is 4.79 Å². The molecule has 2 aliphatic rings. The monoisotopic (exact) mass is 317 g/mol. The van der Waals surface area contributed by atoms with Crippen LogP contribution in [0.25, 0.3) is 0 Å². The molecule has 126 valence electrons. The SMILES string of the molecule is CCC1OCCCC1C(=O)N1CCN(Cc2cccnc2)CC1. The molecule has 0 spiro atoms. The predicted molar refractivity (Wildman–Crippen MR) is 88.8 cm³/mol. The zero-order chi connectivity index (χ0) is 16.1. The maximum absolute atomic E-state index is 12.8. The molecule has 2 atom stereocenters. The van der Waals surface area contributed by atoms with Gasteiger partial charge in [0.25, 0.3) is 0 Å². The summed E-state index contributed by atoms with van der Waals surface area (Å²) in [4.78, 5) is 21.4.